The van der Waals surface area contributed by atoms with Crippen LogP contribution in [0.1, 0.15) is 42.8 Å². The van der Waals surface area contributed by atoms with E-state index in [4.69, 9.17) is 8.94 Å². The fraction of sp³-hybridized carbons (Fsp3) is 0.467. The van der Waals surface area contributed by atoms with Gasteiger partial charge in [0, 0.05) is 13.1 Å². The van der Waals surface area contributed by atoms with E-state index in [1.54, 1.807) is 25.3 Å². The van der Waals surface area contributed by atoms with Crippen LogP contribution in [0, 0.1) is 6.92 Å². The van der Waals surface area contributed by atoms with Crippen LogP contribution in [0.25, 0.3) is 11.5 Å². The summed E-state index contributed by atoms with van der Waals surface area (Å²) >= 11 is 0. The molecule has 5 heteroatoms. The molecule has 2 aromatic rings. The highest BCUT2D eigenvalue weighted by atomic mass is 16.5. The number of amides is 1. The van der Waals surface area contributed by atoms with Crippen LogP contribution in [0.5, 0.6) is 0 Å². The molecule has 0 radical (unpaired) electrons. The van der Waals surface area contributed by atoms with Crippen LogP contribution in [-0.2, 0) is 0 Å². The van der Waals surface area contributed by atoms with E-state index in [0.717, 1.165) is 25.9 Å². The molecule has 0 aliphatic carbocycles. The highest BCUT2D eigenvalue weighted by Gasteiger charge is 2.26. The number of hydrogen-bond donors (Lipinski definition) is 0. The Bertz CT molecular complexity index is 552. The molecule has 2 rings (SSSR count). The molecule has 0 unspecified atom stereocenters. The van der Waals surface area contributed by atoms with Crippen molar-refractivity contribution in [2.75, 3.05) is 13.1 Å². The standard InChI is InChI=1S/C15H20N2O3/c1-4-8-17(9-5-2)15(18)13-11(3)20-16-14(13)12-7-6-10-19-12/h6-7,10H,4-5,8-9H2,1-3H3. The van der Waals surface area contributed by atoms with Gasteiger partial charge in [-0.2, -0.15) is 0 Å². The monoisotopic (exact) mass is 276 g/mol. The Morgan fingerprint density at radius 1 is 1.30 bits per heavy atom. The third-order valence-corrected chi connectivity index (χ3v) is 3.11. The van der Waals surface area contributed by atoms with Gasteiger partial charge in [-0.1, -0.05) is 19.0 Å². The molecule has 0 atom stereocenters. The van der Waals surface area contributed by atoms with E-state index in [-0.39, 0.29) is 5.91 Å². The molecule has 0 N–H and O–H groups in total. The lowest BCUT2D eigenvalue weighted by Gasteiger charge is -2.21. The minimum absolute atomic E-state index is 0.0427. The van der Waals surface area contributed by atoms with Gasteiger partial charge in [0.25, 0.3) is 5.91 Å². The summed E-state index contributed by atoms with van der Waals surface area (Å²) in [5, 5.41) is 3.97. The smallest absolute Gasteiger partial charge is 0.259 e. The fourth-order valence-corrected chi connectivity index (χ4v) is 2.22. The first kappa shape index (κ1) is 14.4. The van der Waals surface area contributed by atoms with Crippen molar-refractivity contribution >= 4 is 5.91 Å². The Labute approximate surface area is 118 Å². The van der Waals surface area contributed by atoms with Crippen LogP contribution in [0.15, 0.2) is 27.3 Å². The molecular formula is C15H20N2O3. The molecule has 0 fully saturated rings. The van der Waals surface area contributed by atoms with Crippen molar-refractivity contribution in [1.29, 1.82) is 0 Å². The number of furan rings is 1. The molecular weight excluding hydrogens is 256 g/mol. The Morgan fingerprint density at radius 3 is 2.55 bits per heavy atom. The molecule has 0 aliphatic heterocycles. The number of nitrogens with zero attached hydrogens (tertiary/aromatic N) is 2. The van der Waals surface area contributed by atoms with Gasteiger partial charge in [-0.25, -0.2) is 0 Å². The summed E-state index contributed by atoms with van der Waals surface area (Å²) in [4.78, 5) is 14.5. The van der Waals surface area contributed by atoms with E-state index >= 15 is 0 Å². The van der Waals surface area contributed by atoms with Crippen LogP contribution in [0.3, 0.4) is 0 Å². The zero-order valence-corrected chi connectivity index (χ0v) is 12.2. The maximum atomic E-state index is 12.7. The predicted octanol–water partition coefficient (Wildman–Crippen LogP) is 3.51. The molecule has 0 bridgehead atoms. The minimum atomic E-state index is -0.0427. The molecule has 5 nitrogen and oxygen atoms in total. The first-order valence-corrected chi connectivity index (χ1v) is 6.98. The second kappa shape index (κ2) is 6.41. The molecule has 0 aliphatic rings. The Hall–Kier alpha value is -2.04. The Morgan fingerprint density at radius 2 is 2.00 bits per heavy atom. The number of rotatable bonds is 6. The Kier molecular flexibility index (Phi) is 4.61. The average molecular weight is 276 g/mol. The fourth-order valence-electron chi connectivity index (χ4n) is 2.22. The van der Waals surface area contributed by atoms with Crippen LogP contribution >= 0.6 is 0 Å². The topological polar surface area (TPSA) is 59.5 Å². The number of aromatic nitrogens is 1. The lowest BCUT2D eigenvalue weighted by Crippen LogP contribution is -2.33. The highest BCUT2D eigenvalue weighted by Crippen LogP contribution is 2.26. The second-order valence-electron chi connectivity index (χ2n) is 4.73. The van der Waals surface area contributed by atoms with E-state index in [1.807, 2.05) is 4.90 Å². The molecule has 2 heterocycles. The van der Waals surface area contributed by atoms with Crippen LogP contribution < -0.4 is 0 Å². The molecule has 2 aromatic heterocycles. The highest BCUT2D eigenvalue weighted by molar-refractivity contribution is 6.00. The molecule has 0 aromatic carbocycles. The van der Waals surface area contributed by atoms with Crippen molar-refractivity contribution in [1.82, 2.24) is 10.1 Å². The van der Waals surface area contributed by atoms with Gasteiger partial charge in [-0.15, -0.1) is 0 Å². The number of carbonyl (C=O) groups is 1. The quantitative estimate of drug-likeness (QED) is 0.810. The lowest BCUT2D eigenvalue weighted by atomic mass is 10.1. The second-order valence-corrected chi connectivity index (χ2v) is 4.73. The van der Waals surface area contributed by atoms with Gasteiger partial charge in [-0.05, 0) is 31.9 Å². The van der Waals surface area contributed by atoms with Crippen LogP contribution in [0.2, 0.25) is 0 Å². The lowest BCUT2D eigenvalue weighted by molar-refractivity contribution is 0.0754. The minimum Gasteiger partial charge on any atom is -0.463 e. The van der Waals surface area contributed by atoms with Crippen molar-refractivity contribution in [3.05, 3.63) is 29.7 Å². The van der Waals surface area contributed by atoms with Crippen molar-refractivity contribution in [3.8, 4) is 11.5 Å². The molecule has 0 saturated heterocycles. The third-order valence-electron chi connectivity index (χ3n) is 3.11. The maximum Gasteiger partial charge on any atom is 0.259 e. The van der Waals surface area contributed by atoms with Gasteiger partial charge in [-0.3, -0.25) is 4.79 Å². The van der Waals surface area contributed by atoms with E-state index < -0.39 is 0 Å². The molecule has 1 amide bonds. The number of aryl methyl sites for hydroxylation is 1. The molecule has 0 saturated carbocycles. The number of carbonyl (C=O) groups excluding carboxylic acids is 1. The SMILES string of the molecule is CCCN(CCC)C(=O)c1c(-c2ccco2)noc1C. The molecule has 108 valence electrons. The normalized spacial score (nSPS) is 10.8. The first-order valence-electron chi connectivity index (χ1n) is 6.98. The molecule has 0 spiro atoms. The summed E-state index contributed by atoms with van der Waals surface area (Å²) in [6.45, 7) is 7.33. The summed E-state index contributed by atoms with van der Waals surface area (Å²) in [5.41, 5.74) is 0.983. The van der Waals surface area contributed by atoms with Gasteiger partial charge >= 0.3 is 0 Å². The van der Waals surface area contributed by atoms with Gasteiger partial charge in [0.2, 0.25) is 0 Å². The third kappa shape index (κ3) is 2.76. The van der Waals surface area contributed by atoms with Crippen molar-refractivity contribution < 1.29 is 13.7 Å². The van der Waals surface area contributed by atoms with Crippen molar-refractivity contribution in [2.24, 2.45) is 0 Å². The summed E-state index contributed by atoms with van der Waals surface area (Å²) in [5.74, 6) is 1.04. The number of hydrogen-bond acceptors (Lipinski definition) is 4. The predicted molar refractivity (Wildman–Crippen MR) is 75.4 cm³/mol. The van der Waals surface area contributed by atoms with Crippen molar-refractivity contribution in [3.63, 3.8) is 0 Å². The van der Waals surface area contributed by atoms with E-state index in [1.165, 1.54) is 0 Å². The zero-order chi connectivity index (χ0) is 14.5. The maximum absolute atomic E-state index is 12.7. The summed E-state index contributed by atoms with van der Waals surface area (Å²) in [6.07, 6.45) is 3.40. The van der Waals surface area contributed by atoms with E-state index in [9.17, 15) is 4.79 Å². The van der Waals surface area contributed by atoms with Gasteiger partial charge < -0.3 is 13.8 Å². The van der Waals surface area contributed by atoms with Gasteiger partial charge in [0.05, 0.1) is 6.26 Å². The van der Waals surface area contributed by atoms with Gasteiger partial charge in [0.15, 0.2) is 11.5 Å². The largest absolute Gasteiger partial charge is 0.463 e. The zero-order valence-electron chi connectivity index (χ0n) is 12.2. The van der Waals surface area contributed by atoms with E-state index in [0.29, 0.717) is 22.8 Å². The van der Waals surface area contributed by atoms with E-state index in [2.05, 4.69) is 19.0 Å². The first-order chi connectivity index (χ1) is 9.69. The van der Waals surface area contributed by atoms with Crippen molar-refractivity contribution in [2.45, 2.75) is 33.6 Å². The summed E-state index contributed by atoms with van der Waals surface area (Å²) in [7, 11) is 0. The average Bonchev–Trinajstić information content (AvgIpc) is 3.06. The van der Waals surface area contributed by atoms with Gasteiger partial charge in [0.1, 0.15) is 11.3 Å². The van der Waals surface area contributed by atoms with Crippen LogP contribution in [-0.4, -0.2) is 29.1 Å². The summed E-state index contributed by atoms with van der Waals surface area (Å²) in [6, 6.07) is 3.54. The Balaban J connectivity index is 2.36. The molecule has 20 heavy (non-hydrogen) atoms. The summed E-state index contributed by atoms with van der Waals surface area (Å²) < 4.78 is 10.5. The van der Waals surface area contributed by atoms with Crippen LogP contribution in [0.4, 0.5) is 0 Å².